The number of nitrogens with zero attached hydrogens (tertiary/aromatic N) is 2. The Morgan fingerprint density at radius 1 is 0.889 bits per heavy atom. The van der Waals surface area contributed by atoms with E-state index < -0.39 is 0 Å². The van der Waals surface area contributed by atoms with Gasteiger partial charge in [-0.05, 0) is 53.6 Å². The lowest BCUT2D eigenvalue weighted by atomic mass is 9.85. The molecule has 0 spiro atoms. The highest BCUT2D eigenvalue weighted by Gasteiger charge is 2.21. The normalized spacial score (nSPS) is 13.6. The number of benzene rings is 3. The van der Waals surface area contributed by atoms with Crippen LogP contribution in [-0.4, -0.2) is 9.91 Å². The molecule has 4 heteroatoms. The summed E-state index contributed by atoms with van der Waals surface area (Å²) in [6.07, 6.45) is 4.31. The van der Waals surface area contributed by atoms with Crippen LogP contribution >= 0.6 is 0 Å². The monoisotopic (exact) mass is 354 g/mol. The number of fused-ring (bicyclic) bond motifs is 5. The summed E-state index contributed by atoms with van der Waals surface area (Å²) < 4.78 is 0. The molecule has 0 atom stereocenters. The summed E-state index contributed by atoms with van der Waals surface area (Å²) in [5.41, 5.74) is 5.43. The molecule has 0 unspecified atom stereocenters. The van der Waals surface area contributed by atoms with Crippen molar-refractivity contribution in [3.8, 4) is 11.3 Å². The van der Waals surface area contributed by atoms with Gasteiger partial charge in [0.25, 0.3) is 5.69 Å². The van der Waals surface area contributed by atoms with E-state index >= 15 is 0 Å². The van der Waals surface area contributed by atoms with Crippen molar-refractivity contribution in [3.63, 3.8) is 0 Å². The van der Waals surface area contributed by atoms with Crippen molar-refractivity contribution in [1.29, 1.82) is 0 Å². The molecule has 1 aliphatic rings. The summed E-state index contributed by atoms with van der Waals surface area (Å²) >= 11 is 0. The smallest absolute Gasteiger partial charge is 0.258 e. The first-order chi connectivity index (χ1) is 13.2. The molecule has 0 saturated carbocycles. The van der Waals surface area contributed by atoms with Crippen LogP contribution in [-0.2, 0) is 12.8 Å². The Balaban J connectivity index is 1.86. The second-order valence-electron chi connectivity index (χ2n) is 7.11. The molecule has 3 aromatic carbocycles. The molecule has 1 aliphatic carbocycles. The number of nitro benzene ring substituents is 1. The van der Waals surface area contributed by atoms with E-state index in [-0.39, 0.29) is 10.6 Å². The summed E-state index contributed by atoms with van der Waals surface area (Å²) in [7, 11) is 0. The molecule has 0 saturated heterocycles. The maximum Gasteiger partial charge on any atom is 0.270 e. The minimum absolute atomic E-state index is 0.109. The molecule has 0 amide bonds. The van der Waals surface area contributed by atoms with Gasteiger partial charge in [0, 0.05) is 23.1 Å². The lowest BCUT2D eigenvalue weighted by molar-refractivity contribution is -0.384. The second kappa shape index (κ2) is 6.16. The average Bonchev–Trinajstić information content (AvgIpc) is 2.72. The van der Waals surface area contributed by atoms with Gasteiger partial charge in [-0.15, -0.1) is 0 Å². The van der Waals surface area contributed by atoms with Gasteiger partial charge in [-0.2, -0.15) is 0 Å². The van der Waals surface area contributed by atoms with E-state index in [1.807, 2.05) is 6.07 Å². The van der Waals surface area contributed by atoms with Crippen LogP contribution in [0.5, 0.6) is 0 Å². The number of pyridine rings is 1. The fourth-order valence-corrected chi connectivity index (χ4v) is 4.31. The largest absolute Gasteiger partial charge is 0.270 e. The maximum atomic E-state index is 11.2. The molecule has 4 aromatic rings. The summed E-state index contributed by atoms with van der Waals surface area (Å²) in [4.78, 5) is 15.9. The Morgan fingerprint density at radius 2 is 1.70 bits per heavy atom. The third-order valence-corrected chi connectivity index (χ3v) is 5.53. The van der Waals surface area contributed by atoms with Gasteiger partial charge in [0.15, 0.2) is 0 Å². The Kier molecular flexibility index (Phi) is 3.64. The molecular formula is C23H18N2O2. The highest BCUT2D eigenvalue weighted by Crippen LogP contribution is 2.38. The number of nitro groups is 1. The number of hydrogen-bond donors (Lipinski definition) is 0. The van der Waals surface area contributed by atoms with E-state index in [0.29, 0.717) is 0 Å². The third-order valence-electron chi connectivity index (χ3n) is 5.53. The number of aromatic nitrogens is 1. The first-order valence-electron chi connectivity index (χ1n) is 9.30. The van der Waals surface area contributed by atoms with Crippen LogP contribution in [0, 0.1) is 10.1 Å². The number of aryl methyl sites for hydroxylation is 1. The second-order valence-corrected chi connectivity index (χ2v) is 7.11. The van der Waals surface area contributed by atoms with Gasteiger partial charge in [0.2, 0.25) is 0 Å². The molecule has 132 valence electrons. The van der Waals surface area contributed by atoms with Crippen molar-refractivity contribution in [3.05, 3.63) is 81.9 Å². The van der Waals surface area contributed by atoms with Crippen molar-refractivity contribution in [2.45, 2.75) is 25.7 Å². The van der Waals surface area contributed by atoms with Crippen LogP contribution in [0.1, 0.15) is 24.0 Å². The van der Waals surface area contributed by atoms with Gasteiger partial charge < -0.3 is 0 Å². The van der Waals surface area contributed by atoms with Crippen molar-refractivity contribution in [2.24, 2.45) is 0 Å². The van der Waals surface area contributed by atoms with Crippen LogP contribution in [0.4, 0.5) is 5.69 Å². The molecule has 0 radical (unpaired) electrons. The van der Waals surface area contributed by atoms with E-state index in [1.165, 1.54) is 39.8 Å². The van der Waals surface area contributed by atoms with Crippen molar-refractivity contribution in [1.82, 2.24) is 4.98 Å². The molecule has 0 fully saturated rings. The zero-order valence-electron chi connectivity index (χ0n) is 14.8. The maximum absolute atomic E-state index is 11.2. The Morgan fingerprint density at radius 3 is 2.56 bits per heavy atom. The lowest BCUT2D eigenvalue weighted by Crippen LogP contribution is -2.08. The predicted octanol–water partition coefficient (Wildman–Crippen LogP) is 5.84. The molecule has 1 heterocycles. The highest BCUT2D eigenvalue weighted by molar-refractivity contribution is 6.09. The van der Waals surface area contributed by atoms with Gasteiger partial charge in [-0.3, -0.25) is 10.1 Å². The van der Waals surface area contributed by atoms with Crippen molar-refractivity contribution < 1.29 is 4.92 Å². The zero-order chi connectivity index (χ0) is 18.4. The summed E-state index contributed by atoms with van der Waals surface area (Å²) in [5, 5.41) is 14.9. The molecule has 0 bridgehead atoms. The van der Waals surface area contributed by atoms with Crippen LogP contribution in [0.15, 0.2) is 60.7 Å². The minimum Gasteiger partial charge on any atom is -0.258 e. The van der Waals surface area contributed by atoms with Crippen molar-refractivity contribution in [2.75, 3.05) is 0 Å². The Bertz CT molecular complexity index is 1210. The van der Waals surface area contributed by atoms with Gasteiger partial charge in [-0.1, -0.05) is 42.5 Å². The van der Waals surface area contributed by atoms with Crippen LogP contribution in [0.25, 0.3) is 32.9 Å². The van der Waals surface area contributed by atoms with Gasteiger partial charge in [-0.25, -0.2) is 4.98 Å². The molecule has 5 rings (SSSR count). The van der Waals surface area contributed by atoms with Gasteiger partial charge in [0.05, 0.1) is 16.1 Å². The first-order valence-corrected chi connectivity index (χ1v) is 9.30. The minimum atomic E-state index is -0.343. The fraction of sp³-hybridized carbons (Fsp3) is 0.174. The lowest BCUT2D eigenvalue weighted by Gasteiger charge is -2.22. The molecule has 27 heavy (non-hydrogen) atoms. The summed E-state index contributed by atoms with van der Waals surface area (Å²) in [6.45, 7) is 0. The summed E-state index contributed by atoms with van der Waals surface area (Å²) in [5.74, 6) is 0. The SMILES string of the molecule is O=[N+]([O-])c1cccc(-c2nc3ccc4ccccc4c3c3c2CCCC3)c1. The fourth-order valence-electron chi connectivity index (χ4n) is 4.31. The topological polar surface area (TPSA) is 56.0 Å². The first kappa shape index (κ1) is 15.9. The molecule has 1 aromatic heterocycles. The molecule has 0 N–H and O–H groups in total. The van der Waals surface area contributed by atoms with Crippen molar-refractivity contribution >= 4 is 27.4 Å². The van der Waals surface area contributed by atoms with E-state index in [0.717, 1.165) is 36.0 Å². The standard InChI is InChI=1S/C23H18N2O2/c26-25(27)17-8-5-7-16(14-17)23-20-11-4-3-10-19(20)22-18-9-2-1-6-15(18)12-13-21(22)24-23/h1-2,5-9,12-14H,3-4,10-11H2. The quantitative estimate of drug-likeness (QED) is 0.258. The third kappa shape index (κ3) is 2.56. The molecular weight excluding hydrogens is 336 g/mol. The van der Waals surface area contributed by atoms with E-state index in [9.17, 15) is 10.1 Å². The van der Waals surface area contributed by atoms with Crippen LogP contribution in [0.2, 0.25) is 0 Å². The Labute approximate surface area is 156 Å². The van der Waals surface area contributed by atoms with E-state index in [4.69, 9.17) is 4.98 Å². The number of rotatable bonds is 2. The van der Waals surface area contributed by atoms with Crippen LogP contribution < -0.4 is 0 Å². The van der Waals surface area contributed by atoms with Gasteiger partial charge >= 0.3 is 0 Å². The molecule has 4 nitrogen and oxygen atoms in total. The van der Waals surface area contributed by atoms with Crippen LogP contribution in [0.3, 0.4) is 0 Å². The van der Waals surface area contributed by atoms with Gasteiger partial charge in [0.1, 0.15) is 0 Å². The number of hydrogen-bond acceptors (Lipinski definition) is 3. The highest BCUT2D eigenvalue weighted by atomic mass is 16.6. The van der Waals surface area contributed by atoms with E-state index in [1.54, 1.807) is 12.1 Å². The Hall–Kier alpha value is -3.27. The average molecular weight is 354 g/mol. The summed E-state index contributed by atoms with van der Waals surface area (Å²) in [6, 6.07) is 19.5. The predicted molar refractivity (Wildman–Crippen MR) is 108 cm³/mol. The zero-order valence-corrected chi connectivity index (χ0v) is 14.8. The number of non-ortho nitro benzene ring substituents is 1. The van der Waals surface area contributed by atoms with E-state index in [2.05, 4.69) is 36.4 Å². The molecule has 0 aliphatic heterocycles.